The van der Waals surface area contributed by atoms with Crippen LogP contribution in [0.4, 0.5) is 0 Å². The molecule has 0 aromatic carbocycles. The van der Waals surface area contributed by atoms with E-state index in [1.807, 2.05) is 27.7 Å². The fraction of sp³-hybridized carbons (Fsp3) is 0.778. The van der Waals surface area contributed by atoms with Gasteiger partial charge in [-0.05, 0) is 27.7 Å². The highest BCUT2D eigenvalue weighted by Crippen LogP contribution is 2.36. The van der Waals surface area contributed by atoms with Crippen LogP contribution in [0, 0.1) is 0 Å². The van der Waals surface area contributed by atoms with Gasteiger partial charge >= 0.3 is 7.12 Å². The zero-order valence-corrected chi connectivity index (χ0v) is 9.24. The van der Waals surface area contributed by atoms with Gasteiger partial charge < -0.3 is 9.31 Å². The second-order valence-corrected chi connectivity index (χ2v) is 4.59. The summed E-state index contributed by atoms with van der Waals surface area (Å²) < 4.78 is 42.0. The largest absolute Gasteiger partial charge is 0.515 e. The van der Waals surface area contributed by atoms with E-state index in [9.17, 15) is 0 Å². The summed E-state index contributed by atoms with van der Waals surface area (Å²) in [5.41, 5.74) is -1.22. The zero-order valence-electron chi connectivity index (χ0n) is 13.2. The predicted molar refractivity (Wildman–Crippen MR) is 56.7 cm³/mol. The molecular weight excluding hydrogens is 193 g/mol. The van der Waals surface area contributed by atoms with Crippen molar-refractivity contribution in [3.8, 4) is 0 Å². The lowest BCUT2D eigenvalue weighted by atomic mass is 9.85. The van der Waals surface area contributed by atoms with Crippen molar-refractivity contribution in [1.29, 1.82) is 0 Å². The van der Waals surface area contributed by atoms with Crippen LogP contribution < -0.4 is 5.59 Å². The molecule has 0 bridgehead atoms. The summed E-state index contributed by atoms with van der Waals surface area (Å²) in [5, 5.41) is 6.97. The smallest absolute Gasteiger partial charge is 0.398 e. The van der Waals surface area contributed by atoms with Crippen LogP contribution in [0.3, 0.4) is 0 Å². The van der Waals surface area contributed by atoms with E-state index in [0.717, 1.165) is 0 Å². The van der Waals surface area contributed by atoms with Crippen LogP contribution >= 0.6 is 0 Å². The molecule has 1 aromatic heterocycles. The summed E-state index contributed by atoms with van der Waals surface area (Å²) in [6, 6.07) is 0. The van der Waals surface area contributed by atoms with Crippen LogP contribution in [0.1, 0.15) is 33.2 Å². The maximum Gasteiger partial charge on any atom is 0.515 e. The molecule has 1 aliphatic heterocycles. The van der Waals surface area contributed by atoms with E-state index in [2.05, 4.69) is 10.3 Å². The molecule has 15 heavy (non-hydrogen) atoms. The van der Waals surface area contributed by atoms with Gasteiger partial charge in [-0.2, -0.15) is 0 Å². The Morgan fingerprint density at radius 1 is 1.40 bits per heavy atom. The van der Waals surface area contributed by atoms with Gasteiger partial charge in [-0.1, -0.05) is 5.21 Å². The molecular formula is C9H16BN3O2. The summed E-state index contributed by atoms with van der Waals surface area (Å²) in [7, 11) is -0.965. The summed E-state index contributed by atoms with van der Waals surface area (Å²) in [4.78, 5) is 0. The highest BCUT2D eigenvalue weighted by Gasteiger charge is 2.52. The van der Waals surface area contributed by atoms with Crippen LogP contribution in [0.25, 0.3) is 0 Å². The van der Waals surface area contributed by atoms with Gasteiger partial charge in [0.2, 0.25) is 0 Å². The van der Waals surface area contributed by atoms with Crippen molar-refractivity contribution in [2.45, 2.75) is 38.9 Å². The third kappa shape index (κ3) is 1.57. The molecule has 0 saturated carbocycles. The van der Waals surface area contributed by atoms with Gasteiger partial charge in [0, 0.05) is 11.1 Å². The summed E-state index contributed by atoms with van der Waals surface area (Å²) in [5.74, 6) is 0. The number of nitrogens with zero attached hydrogens (tertiary/aromatic N) is 3. The van der Waals surface area contributed by atoms with Crippen molar-refractivity contribution in [2.24, 2.45) is 6.98 Å². The average Bonchev–Trinajstić information content (AvgIpc) is 2.65. The molecule has 2 rings (SSSR count). The maximum atomic E-state index is 7.69. The van der Waals surface area contributed by atoms with E-state index in [0.29, 0.717) is 4.68 Å². The van der Waals surface area contributed by atoms with Gasteiger partial charge in [0.15, 0.2) is 0 Å². The number of hydrogen-bond donors (Lipinski definition) is 0. The van der Waals surface area contributed by atoms with Crippen LogP contribution in [-0.2, 0) is 16.3 Å². The quantitative estimate of drug-likeness (QED) is 0.621. The molecule has 0 aliphatic carbocycles. The van der Waals surface area contributed by atoms with E-state index in [1.165, 1.54) is 0 Å². The van der Waals surface area contributed by atoms with Crippen LogP contribution in [-0.4, -0.2) is 33.3 Å². The molecule has 1 aromatic rings. The van der Waals surface area contributed by atoms with Crippen molar-refractivity contribution >= 4 is 12.7 Å². The lowest BCUT2D eigenvalue weighted by Gasteiger charge is -2.32. The standard InChI is InChI=1S/C9H16BN3O2/c1-8(2)9(3,4)15-10(14-8)7-6-11-12-13(7)5/h6H,1-5H3/i5D3,6D. The fourth-order valence-electron chi connectivity index (χ4n) is 1.32. The Hall–Kier alpha value is -0.875. The minimum absolute atomic E-state index is 0.0126. The zero-order chi connectivity index (χ0) is 14.6. The van der Waals surface area contributed by atoms with Gasteiger partial charge in [-0.3, -0.25) is 4.68 Å². The second kappa shape index (κ2) is 3.06. The maximum absolute atomic E-state index is 7.69. The van der Waals surface area contributed by atoms with Crippen molar-refractivity contribution in [1.82, 2.24) is 15.0 Å². The van der Waals surface area contributed by atoms with E-state index < -0.39 is 25.3 Å². The summed E-state index contributed by atoms with van der Waals surface area (Å²) in [6.07, 6.45) is -0.255. The second-order valence-electron chi connectivity index (χ2n) is 4.59. The molecule has 0 N–H and O–H groups in total. The van der Waals surface area contributed by atoms with Crippen molar-refractivity contribution in [3.63, 3.8) is 0 Å². The minimum atomic E-state index is -2.52. The summed E-state index contributed by atoms with van der Waals surface area (Å²) >= 11 is 0. The van der Waals surface area contributed by atoms with Gasteiger partial charge in [0.25, 0.3) is 0 Å². The Labute approximate surface area is 95.5 Å². The molecule has 0 unspecified atom stereocenters. The van der Waals surface area contributed by atoms with E-state index in [-0.39, 0.29) is 11.8 Å². The Morgan fingerprint density at radius 3 is 2.53 bits per heavy atom. The molecule has 1 fully saturated rings. The van der Waals surface area contributed by atoms with E-state index in [1.54, 1.807) is 0 Å². The van der Waals surface area contributed by atoms with E-state index in [4.69, 9.17) is 14.8 Å². The lowest BCUT2D eigenvalue weighted by Crippen LogP contribution is -2.41. The van der Waals surface area contributed by atoms with Crippen molar-refractivity contribution < 1.29 is 14.8 Å². The predicted octanol–water partition coefficient (Wildman–Crippen LogP) is 0.114. The number of rotatable bonds is 1. The first-order valence-corrected chi connectivity index (χ1v) is 4.74. The minimum Gasteiger partial charge on any atom is -0.398 e. The first-order chi connectivity index (χ1) is 8.46. The number of aromatic nitrogens is 3. The van der Waals surface area contributed by atoms with Gasteiger partial charge in [-0.25, -0.2) is 0 Å². The molecule has 0 spiro atoms. The molecule has 0 radical (unpaired) electrons. The van der Waals surface area contributed by atoms with Crippen LogP contribution in [0.5, 0.6) is 0 Å². The Bertz CT molecular complexity index is 484. The van der Waals surface area contributed by atoms with Crippen molar-refractivity contribution in [2.75, 3.05) is 0 Å². The number of aryl methyl sites for hydroxylation is 1. The molecule has 6 heteroatoms. The third-order valence-corrected chi connectivity index (χ3v) is 3.00. The monoisotopic (exact) mass is 213 g/mol. The first-order valence-electron chi connectivity index (χ1n) is 6.74. The molecule has 1 saturated heterocycles. The molecule has 82 valence electrons. The van der Waals surface area contributed by atoms with Gasteiger partial charge in [0.1, 0.15) is 0 Å². The molecule has 2 heterocycles. The molecule has 0 atom stereocenters. The molecule has 5 nitrogen and oxygen atoms in total. The topological polar surface area (TPSA) is 49.2 Å². The SMILES string of the molecule is [2H]c1nnn(C([2H])([2H])[2H])c1B1OC(C)(C)C(C)(C)O1. The summed E-state index contributed by atoms with van der Waals surface area (Å²) in [6.45, 7) is 4.87. The Morgan fingerprint density at radius 2 is 2.00 bits per heavy atom. The van der Waals surface area contributed by atoms with E-state index >= 15 is 0 Å². The lowest BCUT2D eigenvalue weighted by molar-refractivity contribution is 0.00578. The average molecular weight is 213 g/mol. The van der Waals surface area contributed by atoms with Crippen molar-refractivity contribution in [3.05, 3.63) is 6.17 Å². The van der Waals surface area contributed by atoms with Gasteiger partial charge in [0.05, 0.1) is 24.3 Å². The molecule has 1 aliphatic rings. The normalized spacial score (nSPS) is 28.1. The van der Waals surface area contributed by atoms with Crippen LogP contribution in [0.2, 0.25) is 0 Å². The Kier molecular flexibility index (Phi) is 1.36. The first kappa shape index (κ1) is 6.65. The number of hydrogen-bond acceptors (Lipinski definition) is 4. The molecule has 0 amide bonds. The highest BCUT2D eigenvalue weighted by molar-refractivity contribution is 6.61. The van der Waals surface area contributed by atoms with Crippen LogP contribution in [0.15, 0.2) is 6.17 Å². The highest BCUT2D eigenvalue weighted by atomic mass is 16.7. The fourth-order valence-corrected chi connectivity index (χ4v) is 1.32. The third-order valence-electron chi connectivity index (χ3n) is 3.00. The van der Waals surface area contributed by atoms with Gasteiger partial charge in [-0.15, -0.1) is 5.10 Å². The Balaban J connectivity index is 2.43.